The van der Waals surface area contributed by atoms with Crippen molar-refractivity contribution in [3.8, 4) is 5.88 Å². The summed E-state index contributed by atoms with van der Waals surface area (Å²) in [6.07, 6.45) is 8.33. The van der Waals surface area contributed by atoms with Crippen LogP contribution in [0.5, 0.6) is 5.88 Å². The van der Waals surface area contributed by atoms with Gasteiger partial charge in [0, 0.05) is 55.9 Å². The first kappa shape index (κ1) is 25.9. The van der Waals surface area contributed by atoms with Gasteiger partial charge in [-0.15, -0.1) is 0 Å². The number of hydrogen-bond acceptors (Lipinski definition) is 6. The lowest BCUT2D eigenvalue weighted by atomic mass is 9.86. The summed E-state index contributed by atoms with van der Waals surface area (Å²) >= 11 is 1.93. The van der Waals surface area contributed by atoms with Crippen molar-refractivity contribution in [2.45, 2.75) is 58.5 Å². The van der Waals surface area contributed by atoms with Crippen molar-refractivity contribution in [2.75, 3.05) is 44.3 Å². The first-order valence-corrected chi connectivity index (χ1v) is 14.1. The number of hydrogen-bond donors (Lipinski definition) is 0. The molecule has 7 nitrogen and oxygen atoms in total. The first-order valence-electron chi connectivity index (χ1n) is 12.9. The van der Waals surface area contributed by atoms with E-state index in [1.807, 2.05) is 44.8 Å². The number of allylic oxidation sites excluding steroid dienone is 2. The Morgan fingerprint density at radius 1 is 1.06 bits per heavy atom. The molecule has 1 unspecified atom stereocenters. The van der Waals surface area contributed by atoms with Crippen LogP contribution in [0, 0.1) is 11.8 Å². The van der Waals surface area contributed by atoms with E-state index in [0.717, 1.165) is 62.3 Å². The van der Waals surface area contributed by atoms with Gasteiger partial charge in [-0.3, -0.25) is 4.79 Å². The number of ether oxygens (including phenoxy) is 2. The van der Waals surface area contributed by atoms with Gasteiger partial charge in [0.2, 0.25) is 11.8 Å². The average Bonchev–Trinajstić information content (AvgIpc) is 2.87. The summed E-state index contributed by atoms with van der Waals surface area (Å²) in [6, 6.07) is 4.01. The summed E-state index contributed by atoms with van der Waals surface area (Å²) in [5.41, 5.74) is 1.92. The van der Waals surface area contributed by atoms with Gasteiger partial charge in [0.1, 0.15) is 5.60 Å². The van der Waals surface area contributed by atoms with Crippen molar-refractivity contribution in [1.29, 1.82) is 0 Å². The van der Waals surface area contributed by atoms with E-state index in [4.69, 9.17) is 9.47 Å². The summed E-state index contributed by atoms with van der Waals surface area (Å²) in [5.74, 6) is 3.62. The molecular formula is C27H39N3O4S. The topological polar surface area (TPSA) is 72.0 Å². The molecule has 0 N–H and O–H groups in total. The fraction of sp³-hybridized carbons (Fsp3) is 0.667. The van der Waals surface area contributed by atoms with Crippen LogP contribution < -0.4 is 4.74 Å². The third-order valence-electron chi connectivity index (χ3n) is 6.92. The van der Waals surface area contributed by atoms with Crippen LogP contribution in [0.15, 0.2) is 24.4 Å². The fourth-order valence-electron chi connectivity index (χ4n) is 4.83. The molecule has 0 radical (unpaired) electrons. The van der Waals surface area contributed by atoms with Gasteiger partial charge in [0.05, 0.1) is 6.61 Å². The van der Waals surface area contributed by atoms with E-state index in [-0.39, 0.29) is 12.0 Å². The Hall–Kier alpha value is -2.22. The van der Waals surface area contributed by atoms with Crippen LogP contribution in [0.3, 0.4) is 0 Å². The minimum atomic E-state index is -0.464. The molecule has 35 heavy (non-hydrogen) atoms. The van der Waals surface area contributed by atoms with Crippen LogP contribution in [-0.4, -0.2) is 76.7 Å². The number of pyridine rings is 1. The van der Waals surface area contributed by atoms with Gasteiger partial charge in [-0.25, -0.2) is 9.78 Å². The number of aromatic nitrogens is 1. The van der Waals surface area contributed by atoms with Crippen molar-refractivity contribution in [3.05, 3.63) is 30.0 Å². The normalized spacial score (nSPS) is 21.9. The Labute approximate surface area is 213 Å². The van der Waals surface area contributed by atoms with Crippen LogP contribution in [0.1, 0.15) is 58.4 Å². The Kier molecular flexibility index (Phi) is 8.63. The van der Waals surface area contributed by atoms with E-state index in [1.165, 1.54) is 5.57 Å². The second-order valence-corrected chi connectivity index (χ2v) is 12.0. The number of rotatable bonds is 5. The van der Waals surface area contributed by atoms with E-state index in [1.54, 1.807) is 4.90 Å². The van der Waals surface area contributed by atoms with Crippen LogP contribution in [0.2, 0.25) is 0 Å². The van der Waals surface area contributed by atoms with Crippen LogP contribution in [0.25, 0.3) is 5.57 Å². The SMILES string of the molecule is CC(C)(C)OC(=O)N1CCC(COc2ccc(C3=CCC(C(=O)N4CCSCC4)CC3)cn2)CC1. The molecule has 2 aliphatic heterocycles. The van der Waals surface area contributed by atoms with Crippen molar-refractivity contribution < 1.29 is 19.1 Å². The van der Waals surface area contributed by atoms with Gasteiger partial charge in [0.15, 0.2) is 0 Å². The number of carbonyl (C=O) groups is 2. The molecule has 192 valence electrons. The Bertz CT molecular complexity index is 898. The number of nitrogens with zero attached hydrogens (tertiary/aromatic N) is 3. The third kappa shape index (κ3) is 7.38. The standard InChI is InChI=1S/C27H39N3O4S/c1-27(2,3)34-26(32)30-12-10-20(11-13-30)19-33-24-9-8-23(18-28-24)21-4-6-22(7-5-21)25(31)29-14-16-35-17-15-29/h4,8-9,18,20,22H,5-7,10-17,19H2,1-3H3. The summed E-state index contributed by atoms with van der Waals surface area (Å²) in [4.78, 5) is 33.4. The Morgan fingerprint density at radius 3 is 2.40 bits per heavy atom. The quantitative estimate of drug-likeness (QED) is 0.573. The van der Waals surface area contributed by atoms with Gasteiger partial charge in [-0.1, -0.05) is 6.08 Å². The molecule has 0 saturated carbocycles. The molecule has 0 spiro atoms. The highest BCUT2D eigenvalue weighted by Gasteiger charge is 2.28. The summed E-state index contributed by atoms with van der Waals surface area (Å²) in [6.45, 7) is 9.46. The molecule has 2 saturated heterocycles. The molecule has 0 aromatic carbocycles. The highest BCUT2D eigenvalue weighted by Crippen LogP contribution is 2.32. The monoisotopic (exact) mass is 501 g/mol. The number of thioether (sulfide) groups is 1. The molecule has 3 aliphatic rings. The molecule has 4 rings (SSSR count). The van der Waals surface area contributed by atoms with Gasteiger partial charge >= 0.3 is 6.09 Å². The molecule has 0 bridgehead atoms. The summed E-state index contributed by atoms with van der Waals surface area (Å²) in [7, 11) is 0. The van der Waals surface area contributed by atoms with Crippen molar-refractivity contribution in [2.24, 2.45) is 11.8 Å². The molecule has 3 heterocycles. The Morgan fingerprint density at radius 2 is 1.80 bits per heavy atom. The minimum Gasteiger partial charge on any atom is -0.477 e. The maximum atomic E-state index is 12.8. The van der Waals surface area contributed by atoms with Crippen LogP contribution in [-0.2, 0) is 9.53 Å². The second kappa shape index (κ2) is 11.7. The van der Waals surface area contributed by atoms with Gasteiger partial charge in [0.25, 0.3) is 0 Å². The summed E-state index contributed by atoms with van der Waals surface area (Å²) < 4.78 is 11.4. The minimum absolute atomic E-state index is 0.124. The second-order valence-electron chi connectivity index (χ2n) is 10.7. The molecule has 2 amide bonds. The average molecular weight is 502 g/mol. The predicted molar refractivity (Wildman–Crippen MR) is 139 cm³/mol. The largest absolute Gasteiger partial charge is 0.477 e. The zero-order valence-electron chi connectivity index (χ0n) is 21.3. The van der Waals surface area contributed by atoms with Gasteiger partial charge in [-0.05, 0) is 76.0 Å². The van der Waals surface area contributed by atoms with E-state index >= 15 is 0 Å². The maximum absolute atomic E-state index is 12.8. The Balaban J connectivity index is 1.20. The predicted octanol–water partition coefficient (Wildman–Crippen LogP) is 4.87. The number of likely N-dealkylation sites (tertiary alicyclic amines) is 1. The van der Waals surface area contributed by atoms with Crippen LogP contribution >= 0.6 is 11.8 Å². The molecule has 1 aliphatic carbocycles. The summed E-state index contributed by atoms with van der Waals surface area (Å²) in [5, 5.41) is 0. The number of piperidine rings is 1. The van der Waals surface area contributed by atoms with Crippen molar-refractivity contribution >= 4 is 29.3 Å². The smallest absolute Gasteiger partial charge is 0.410 e. The third-order valence-corrected chi connectivity index (χ3v) is 7.87. The van der Waals surface area contributed by atoms with E-state index in [9.17, 15) is 9.59 Å². The zero-order valence-corrected chi connectivity index (χ0v) is 22.1. The first-order chi connectivity index (χ1) is 16.8. The number of amides is 2. The van der Waals surface area contributed by atoms with Crippen LogP contribution in [0.4, 0.5) is 4.79 Å². The van der Waals surface area contributed by atoms with Gasteiger partial charge in [-0.2, -0.15) is 11.8 Å². The molecule has 1 aromatic rings. The zero-order chi connectivity index (χ0) is 24.8. The molecule has 8 heteroatoms. The fourth-order valence-corrected chi connectivity index (χ4v) is 5.73. The highest BCUT2D eigenvalue weighted by atomic mass is 32.2. The van der Waals surface area contributed by atoms with E-state index in [0.29, 0.717) is 37.4 Å². The lowest BCUT2D eigenvalue weighted by molar-refractivity contribution is -0.135. The lowest BCUT2D eigenvalue weighted by Gasteiger charge is -2.33. The van der Waals surface area contributed by atoms with E-state index < -0.39 is 5.60 Å². The molecule has 2 fully saturated rings. The lowest BCUT2D eigenvalue weighted by Crippen LogP contribution is -2.42. The van der Waals surface area contributed by atoms with Crippen molar-refractivity contribution in [3.63, 3.8) is 0 Å². The van der Waals surface area contributed by atoms with Gasteiger partial charge < -0.3 is 19.3 Å². The van der Waals surface area contributed by atoms with Crippen molar-refractivity contribution in [1.82, 2.24) is 14.8 Å². The molecule has 1 aromatic heterocycles. The highest BCUT2D eigenvalue weighted by molar-refractivity contribution is 7.99. The molecule has 1 atom stereocenters. The number of carbonyl (C=O) groups excluding carboxylic acids is 2. The maximum Gasteiger partial charge on any atom is 0.410 e. The molecular weight excluding hydrogens is 462 g/mol. The van der Waals surface area contributed by atoms with E-state index in [2.05, 4.69) is 22.0 Å².